The van der Waals surface area contributed by atoms with Gasteiger partial charge in [0, 0.05) is 19.5 Å². The Morgan fingerprint density at radius 1 is 0.889 bits per heavy atom. The van der Waals surface area contributed by atoms with Gasteiger partial charge in [0.15, 0.2) is 0 Å². The van der Waals surface area contributed by atoms with Crippen LogP contribution in [0.15, 0.2) is 84.9 Å². The molecule has 0 spiro atoms. The van der Waals surface area contributed by atoms with Gasteiger partial charge in [-0.1, -0.05) is 84.4 Å². The Labute approximate surface area is 217 Å². The maximum Gasteiger partial charge on any atom is 0.244 e. The molecular formula is C27H30ClN3O4S. The molecule has 0 aromatic heterocycles. The number of nitrogens with one attached hydrogen (secondary N) is 1. The quantitative estimate of drug-likeness (QED) is 0.410. The number of carbonyl (C=O) groups excluding carboxylic acids is 2. The predicted octanol–water partition coefficient (Wildman–Crippen LogP) is 3.88. The van der Waals surface area contributed by atoms with Crippen molar-refractivity contribution in [1.29, 1.82) is 0 Å². The molecule has 7 nitrogen and oxygen atoms in total. The molecule has 190 valence electrons. The second kappa shape index (κ2) is 12.6. The summed E-state index contributed by atoms with van der Waals surface area (Å²) in [5.41, 5.74) is 1.90. The first-order valence-corrected chi connectivity index (χ1v) is 13.8. The van der Waals surface area contributed by atoms with Crippen molar-refractivity contribution in [1.82, 2.24) is 10.2 Å². The number of amides is 2. The minimum atomic E-state index is -3.86. The second-order valence-electron chi connectivity index (χ2n) is 8.33. The first kappa shape index (κ1) is 27.2. The number of benzene rings is 3. The van der Waals surface area contributed by atoms with Crippen molar-refractivity contribution in [3.05, 3.63) is 101 Å². The number of likely N-dealkylation sites (N-methyl/N-ethyl adjacent to an activating group) is 1. The van der Waals surface area contributed by atoms with Gasteiger partial charge < -0.3 is 10.2 Å². The van der Waals surface area contributed by atoms with E-state index in [2.05, 4.69) is 5.32 Å². The number of rotatable bonds is 11. The number of carbonyl (C=O) groups is 2. The Balaban J connectivity index is 2.03. The molecule has 0 fully saturated rings. The fraction of sp³-hybridized carbons (Fsp3) is 0.259. The van der Waals surface area contributed by atoms with Crippen LogP contribution in [0.3, 0.4) is 0 Å². The lowest BCUT2D eigenvalue weighted by Crippen LogP contribution is -2.53. The Morgan fingerprint density at radius 2 is 1.44 bits per heavy atom. The van der Waals surface area contributed by atoms with Crippen LogP contribution in [0.2, 0.25) is 5.02 Å². The average molecular weight is 528 g/mol. The largest absolute Gasteiger partial charge is 0.355 e. The van der Waals surface area contributed by atoms with Gasteiger partial charge in [-0.2, -0.15) is 0 Å². The number of anilines is 1. The van der Waals surface area contributed by atoms with E-state index in [1.807, 2.05) is 67.6 Å². The third kappa shape index (κ3) is 7.32. The standard InChI is InChI=1S/C27H30ClN3O4S/c1-3-29-27(33)25(18-21-12-6-4-7-13-21)30(19-22-14-8-5-9-15-22)26(32)20-31(36(2,34)35)24-17-11-10-16-23(24)28/h4-17,25H,3,18-20H2,1-2H3,(H,29,33)/t25-/m0/s1. The maximum atomic E-state index is 13.8. The Kier molecular flexibility index (Phi) is 9.50. The molecular weight excluding hydrogens is 498 g/mol. The maximum absolute atomic E-state index is 13.8. The summed E-state index contributed by atoms with van der Waals surface area (Å²) in [6.45, 7) is 1.84. The van der Waals surface area contributed by atoms with Gasteiger partial charge in [-0.05, 0) is 30.2 Å². The SMILES string of the molecule is CCNC(=O)[C@H](Cc1ccccc1)N(Cc1ccccc1)C(=O)CN(c1ccccc1Cl)S(C)(=O)=O. The molecule has 3 rings (SSSR count). The van der Waals surface area contributed by atoms with Crippen molar-refractivity contribution < 1.29 is 18.0 Å². The van der Waals surface area contributed by atoms with Crippen molar-refractivity contribution in [3.8, 4) is 0 Å². The number of nitrogens with zero attached hydrogens (tertiary/aromatic N) is 2. The van der Waals surface area contributed by atoms with E-state index in [1.165, 1.54) is 4.90 Å². The summed E-state index contributed by atoms with van der Waals surface area (Å²) in [4.78, 5) is 28.5. The fourth-order valence-corrected chi connectivity index (χ4v) is 5.02. The third-order valence-electron chi connectivity index (χ3n) is 5.62. The Bertz CT molecular complexity index is 1270. The molecule has 0 heterocycles. The van der Waals surface area contributed by atoms with Gasteiger partial charge >= 0.3 is 0 Å². The van der Waals surface area contributed by atoms with Crippen molar-refractivity contribution in [2.24, 2.45) is 0 Å². The molecule has 1 atom stereocenters. The van der Waals surface area contributed by atoms with Crippen LogP contribution >= 0.6 is 11.6 Å². The van der Waals surface area contributed by atoms with Crippen LogP contribution in [0.1, 0.15) is 18.1 Å². The lowest BCUT2D eigenvalue weighted by molar-refractivity contribution is -0.140. The lowest BCUT2D eigenvalue weighted by atomic mass is 10.0. The molecule has 0 aliphatic rings. The number of sulfonamides is 1. The molecule has 0 aliphatic heterocycles. The summed E-state index contributed by atoms with van der Waals surface area (Å²) in [5.74, 6) is -0.828. The number of hydrogen-bond donors (Lipinski definition) is 1. The van der Waals surface area contributed by atoms with Crippen LogP contribution in [0, 0.1) is 0 Å². The van der Waals surface area contributed by atoms with Crippen LogP contribution in [0.4, 0.5) is 5.69 Å². The highest BCUT2D eigenvalue weighted by molar-refractivity contribution is 7.92. The van der Waals surface area contributed by atoms with Gasteiger partial charge in [-0.3, -0.25) is 13.9 Å². The van der Waals surface area contributed by atoms with E-state index in [4.69, 9.17) is 11.6 Å². The highest BCUT2D eigenvalue weighted by atomic mass is 35.5. The minimum absolute atomic E-state index is 0.133. The van der Waals surface area contributed by atoms with E-state index in [0.717, 1.165) is 21.7 Å². The van der Waals surface area contributed by atoms with E-state index in [1.54, 1.807) is 24.3 Å². The lowest BCUT2D eigenvalue weighted by Gasteiger charge is -2.33. The van der Waals surface area contributed by atoms with E-state index >= 15 is 0 Å². The van der Waals surface area contributed by atoms with Crippen molar-refractivity contribution in [2.45, 2.75) is 25.9 Å². The summed E-state index contributed by atoms with van der Waals surface area (Å²) in [6.07, 6.45) is 1.30. The van der Waals surface area contributed by atoms with Gasteiger partial charge in [0.1, 0.15) is 12.6 Å². The van der Waals surface area contributed by atoms with Crippen LogP contribution in [-0.4, -0.2) is 50.5 Å². The number of hydrogen-bond acceptors (Lipinski definition) is 4. The fourth-order valence-electron chi connectivity index (χ4n) is 3.87. The molecule has 1 N–H and O–H groups in total. The summed E-state index contributed by atoms with van der Waals surface area (Å²) in [5, 5.41) is 3.03. The monoisotopic (exact) mass is 527 g/mol. The highest BCUT2D eigenvalue weighted by Crippen LogP contribution is 2.27. The van der Waals surface area contributed by atoms with Gasteiger partial charge in [0.05, 0.1) is 17.0 Å². The van der Waals surface area contributed by atoms with E-state index in [0.29, 0.717) is 6.54 Å². The summed E-state index contributed by atoms with van der Waals surface area (Å²) >= 11 is 6.28. The van der Waals surface area contributed by atoms with E-state index in [-0.39, 0.29) is 29.6 Å². The second-order valence-corrected chi connectivity index (χ2v) is 10.6. The van der Waals surface area contributed by atoms with Gasteiger partial charge in [0.25, 0.3) is 0 Å². The molecule has 0 bridgehead atoms. The smallest absolute Gasteiger partial charge is 0.244 e. The van der Waals surface area contributed by atoms with Crippen LogP contribution in [0.25, 0.3) is 0 Å². The molecule has 9 heteroatoms. The summed E-state index contributed by atoms with van der Waals surface area (Å²) < 4.78 is 26.4. The van der Waals surface area contributed by atoms with Crippen LogP contribution in [-0.2, 0) is 32.6 Å². The Morgan fingerprint density at radius 3 is 2.00 bits per heavy atom. The van der Waals surface area contributed by atoms with E-state index < -0.39 is 28.5 Å². The van der Waals surface area contributed by atoms with Gasteiger partial charge in [-0.25, -0.2) is 8.42 Å². The molecule has 0 saturated heterocycles. The molecule has 0 saturated carbocycles. The highest BCUT2D eigenvalue weighted by Gasteiger charge is 2.33. The number of halogens is 1. The molecule has 3 aromatic carbocycles. The van der Waals surface area contributed by atoms with Gasteiger partial charge in [0.2, 0.25) is 21.8 Å². The average Bonchev–Trinajstić information content (AvgIpc) is 2.86. The zero-order valence-corrected chi connectivity index (χ0v) is 21.9. The Hall–Kier alpha value is -3.36. The zero-order valence-electron chi connectivity index (χ0n) is 20.3. The summed E-state index contributed by atoms with van der Waals surface area (Å²) in [7, 11) is -3.86. The normalized spacial score (nSPS) is 12.0. The van der Waals surface area contributed by atoms with Crippen molar-refractivity contribution in [2.75, 3.05) is 23.7 Å². The molecule has 2 amide bonds. The molecule has 0 aliphatic carbocycles. The molecule has 36 heavy (non-hydrogen) atoms. The first-order chi connectivity index (χ1) is 17.2. The molecule has 3 aromatic rings. The van der Waals surface area contributed by atoms with Gasteiger partial charge in [-0.15, -0.1) is 0 Å². The topological polar surface area (TPSA) is 86.8 Å². The zero-order chi connectivity index (χ0) is 26.1. The minimum Gasteiger partial charge on any atom is -0.355 e. The van der Waals surface area contributed by atoms with E-state index in [9.17, 15) is 18.0 Å². The number of para-hydroxylation sites is 1. The molecule has 0 radical (unpaired) electrons. The molecule has 0 unspecified atom stereocenters. The third-order valence-corrected chi connectivity index (χ3v) is 7.06. The summed E-state index contributed by atoms with van der Waals surface area (Å²) in [6, 6.07) is 24.3. The van der Waals surface area contributed by atoms with Crippen LogP contribution < -0.4 is 9.62 Å². The first-order valence-electron chi connectivity index (χ1n) is 11.6. The predicted molar refractivity (Wildman–Crippen MR) is 143 cm³/mol. The van der Waals surface area contributed by atoms with Crippen molar-refractivity contribution >= 4 is 39.1 Å². The van der Waals surface area contributed by atoms with Crippen LogP contribution in [0.5, 0.6) is 0 Å². The van der Waals surface area contributed by atoms with Crippen molar-refractivity contribution in [3.63, 3.8) is 0 Å².